The Morgan fingerprint density at radius 3 is 2.58 bits per heavy atom. The first-order chi connectivity index (χ1) is 11.4. The standard InChI is InChI=1S/C19H20N2O3/c1-10-8-11(2)20-13(4)17(10)21-19(22)18-12(3)15-9-14(23-5)6-7-16(15)24-18/h6-9H,1-5H3,(H,21,22). The summed E-state index contributed by atoms with van der Waals surface area (Å²) in [4.78, 5) is 17.1. The number of carbonyl (C=O) groups is 1. The number of furan rings is 1. The fourth-order valence-electron chi connectivity index (χ4n) is 2.93. The van der Waals surface area contributed by atoms with Crippen molar-refractivity contribution in [3.63, 3.8) is 0 Å². The van der Waals surface area contributed by atoms with Gasteiger partial charge in [0.1, 0.15) is 11.3 Å². The number of nitrogens with zero attached hydrogens (tertiary/aromatic N) is 1. The van der Waals surface area contributed by atoms with Crippen molar-refractivity contribution in [1.29, 1.82) is 0 Å². The van der Waals surface area contributed by atoms with Crippen LogP contribution in [-0.2, 0) is 0 Å². The van der Waals surface area contributed by atoms with E-state index in [-0.39, 0.29) is 5.91 Å². The fraction of sp³-hybridized carbons (Fsp3) is 0.263. The van der Waals surface area contributed by atoms with Gasteiger partial charge >= 0.3 is 0 Å². The minimum absolute atomic E-state index is 0.278. The maximum Gasteiger partial charge on any atom is 0.291 e. The quantitative estimate of drug-likeness (QED) is 0.779. The molecule has 0 aliphatic heterocycles. The summed E-state index contributed by atoms with van der Waals surface area (Å²) in [5.41, 5.74) is 4.86. The Labute approximate surface area is 140 Å². The number of aromatic nitrogens is 1. The molecule has 3 aromatic rings. The lowest BCUT2D eigenvalue weighted by Gasteiger charge is -2.11. The Hall–Kier alpha value is -2.82. The number of rotatable bonds is 3. The average Bonchev–Trinajstić information content (AvgIpc) is 2.87. The molecule has 0 spiro atoms. The Morgan fingerprint density at radius 1 is 1.17 bits per heavy atom. The second-order valence-electron chi connectivity index (χ2n) is 5.91. The number of pyridine rings is 1. The summed E-state index contributed by atoms with van der Waals surface area (Å²) in [7, 11) is 1.61. The van der Waals surface area contributed by atoms with Crippen molar-refractivity contribution in [2.45, 2.75) is 27.7 Å². The normalized spacial score (nSPS) is 10.9. The van der Waals surface area contributed by atoms with Crippen LogP contribution >= 0.6 is 0 Å². The van der Waals surface area contributed by atoms with Crippen LogP contribution in [-0.4, -0.2) is 18.0 Å². The van der Waals surface area contributed by atoms with E-state index >= 15 is 0 Å². The monoisotopic (exact) mass is 324 g/mol. The maximum absolute atomic E-state index is 12.7. The van der Waals surface area contributed by atoms with Crippen LogP contribution in [0.5, 0.6) is 5.75 Å². The maximum atomic E-state index is 12.7. The molecule has 0 saturated carbocycles. The van der Waals surface area contributed by atoms with E-state index in [2.05, 4.69) is 10.3 Å². The van der Waals surface area contributed by atoms with Crippen molar-refractivity contribution in [1.82, 2.24) is 4.98 Å². The Balaban J connectivity index is 1.99. The van der Waals surface area contributed by atoms with Crippen LogP contribution in [0.2, 0.25) is 0 Å². The second-order valence-corrected chi connectivity index (χ2v) is 5.91. The summed E-state index contributed by atoms with van der Waals surface area (Å²) in [5, 5.41) is 3.80. The molecule has 0 bridgehead atoms. The predicted octanol–water partition coefficient (Wildman–Crippen LogP) is 4.32. The van der Waals surface area contributed by atoms with Crippen molar-refractivity contribution < 1.29 is 13.9 Å². The third-order valence-corrected chi connectivity index (χ3v) is 4.11. The molecule has 5 nitrogen and oxygen atoms in total. The van der Waals surface area contributed by atoms with Crippen molar-refractivity contribution in [3.8, 4) is 5.75 Å². The fourth-order valence-corrected chi connectivity index (χ4v) is 2.93. The van der Waals surface area contributed by atoms with E-state index in [1.807, 2.05) is 52.0 Å². The lowest BCUT2D eigenvalue weighted by atomic mass is 10.1. The zero-order valence-corrected chi connectivity index (χ0v) is 14.5. The molecular formula is C19H20N2O3. The molecule has 24 heavy (non-hydrogen) atoms. The van der Waals surface area contributed by atoms with Crippen LogP contribution in [0.3, 0.4) is 0 Å². The highest BCUT2D eigenvalue weighted by Gasteiger charge is 2.19. The van der Waals surface area contributed by atoms with Crippen molar-refractivity contribution in [2.24, 2.45) is 0 Å². The summed E-state index contributed by atoms with van der Waals surface area (Å²) < 4.78 is 11.0. The van der Waals surface area contributed by atoms with Crippen LogP contribution in [0.4, 0.5) is 5.69 Å². The van der Waals surface area contributed by atoms with Gasteiger partial charge in [-0.2, -0.15) is 0 Å². The Morgan fingerprint density at radius 2 is 1.92 bits per heavy atom. The molecule has 124 valence electrons. The number of nitrogens with one attached hydrogen (secondary N) is 1. The third-order valence-electron chi connectivity index (χ3n) is 4.11. The molecule has 3 rings (SSSR count). The van der Waals surface area contributed by atoms with E-state index in [1.54, 1.807) is 7.11 Å². The molecule has 0 atom stereocenters. The van der Waals surface area contributed by atoms with Gasteiger partial charge in [0.05, 0.1) is 18.5 Å². The third kappa shape index (κ3) is 2.73. The zero-order chi connectivity index (χ0) is 17.4. The number of amides is 1. The van der Waals surface area contributed by atoms with Gasteiger partial charge in [-0.15, -0.1) is 0 Å². The van der Waals surface area contributed by atoms with Gasteiger partial charge in [0.2, 0.25) is 0 Å². The van der Waals surface area contributed by atoms with Crippen LogP contribution in [0, 0.1) is 27.7 Å². The lowest BCUT2D eigenvalue weighted by Crippen LogP contribution is -2.14. The first-order valence-corrected chi connectivity index (χ1v) is 7.74. The summed E-state index contributed by atoms with van der Waals surface area (Å²) >= 11 is 0. The van der Waals surface area contributed by atoms with Crippen LogP contribution in [0.1, 0.15) is 33.1 Å². The van der Waals surface area contributed by atoms with E-state index in [4.69, 9.17) is 9.15 Å². The number of methoxy groups -OCH3 is 1. The molecule has 1 N–H and O–H groups in total. The SMILES string of the molecule is COc1ccc2oc(C(=O)Nc3c(C)cc(C)nc3C)c(C)c2c1. The van der Waals surface area contributed by atoms with Gasteiger partial charge < -0.3 is 14.5 Å². The number of hydrogen-bond acceptors (Lipinski definition) is 4. The Bertz CT molecular complexity index is 918. The Kier molecular flexibility index (Phi) is 4.01. The largest absolute Gasteiger partial charge is 0.497 e. The van der Waals surface area contributed by atoms with Crippen LogP contribution in [0.25, 0.3) is 11.0 Å². The summed E-state index contributed by atoms with van der Waals surface area (Å²) in [6.45, 7) is 7.63. The summed E-state index contributed by atoms with van der Waals surface area (Å²) in [6.07, 6.45) is 0. The molecule has 0 radical (unpaired) electrons. The number of ether oxygens (including phenoxy) is 1. The molecule has 1 aromatic carbocycles. The van der Waals surface area contributed by atoms with Crippen LogP contribution in [0.15, 0.2) is 28.7 Å². The highest BCUT2D eigenvalue weighted by Crippen LogP contribution is 2.30. The highest BCUT2D eigenvalue weighted by atomic mass is 16.5. The molecule has 0 aliphatic carbocycles. The molecule has 0 fully saturated rings. The van der Waals surface area contributed by atoms with Gasteiger partial charge in [0, 0.05) is 16.6 Å². The van der Waals surface area contributed by atoms with Gasteiger partial charge in [-0.05, 0) is 57.5 Å². The van der Waals surface area contributed by atoms with Gasteiger partial charge in [-0.1, -0.05) is 0 Å². The molecule has 2 aromatic heterocycles. The number of carbonyl (C=O) groups excluding carboxylic acids is 1. The van der Waals surface area contributed by atoms with E-state index < -0.39 is 0 Å². The minimum Gasteiger partial charge on any atom is -0.497 e. The zero-order valence-electron chi connectivity index (χ0n) is 14.5. The molecular weight excluding hydrogens is 304 g/mol. The van der Waals surface area contributed by atoms with Crippen LogP contribution < -0.4 is 10.1 Å². The minimum atomic E-state index is -0.278. The number of benzene rings is 1. The molecule has 0 aliphatic rings. The van der Waals surface area contributed by atoms with E-state index in [0.29, 0.717) is 11.3 Å². The number of hydrogen-bond donors (Lipinski definition) is 1. The highest BCUT2D eigenvalue weighted by molar-refractivity contribution is 6.07. The van der Waals surface area contributed by atoms with Gasteiger partial charge in [-0.25, -0.2) is 0 Å². The first kappa shape index (κ1) is 16.1. The first-order valence-electron chi connectivity index (χ1n) is 7.74. The van der Waals surface area contributed by atoms with Crippen molar-refractivity contribution >= 4 is 22.6 Å². The van der Waals surface area contributed by atoms with Gasteiger partial charge in [0.25, 0.3) is 5.91 Å². The number of aryl methyl sites for hydroxylation is 4. The molecule has 0 unspecified atom stereocenters. The number of anilines is 1. The summed E-state index contributed by atoms with van der Waals surface area (Å²) in [5.74, 6) is 0.755. The topological polar surface area (TPSA) is 64.4 Å². The van der Waals surface area contributed by atoms with Gasteiger partial charge in [-0.3, -0.25) is 9.78 Å². The van der Waals surface area contributed by atoms with Crippen molar-refractivity contribution in [2.75, 3.05) is 12.4 Å². The van der Waals surface area contributed by atoms with E-state index in [0.717, 1.165) is 39.3 Å². The van der Waals surface area contributed by atoms with E-state index in [1.165, 1.54) is 0 Å². The van der Waals surface area contributed by atoms with Crippen molar-refractivity contribution in [3.05, 3.63) is 52.5 Å². The molecule has 2 heterocycles. The summed E-state index contributed by atoms with van der Waals surface area (Å²) in [6, 6.07) is 7.43. The molecule has 0 saturated heterocycles. The van der Waals surface area contributed by atoms with E-state index in [9.17, 15) is 4.79 Å². The molecule has 5 heteroatoms. The predicted molar refractivity (Wildman–Crippen MR) is 93.9 cm³/mol. The number of fused-ring (bicyclic) bond motifs is 1. The smallest absolute Gasteiger partial charge is 0.291 e. The average molecular weight is 324 g/mol. The second kappa shape index (κ2) is 6.00. The molecule has 1 amide bonds. The van der Waals surface area contributed by atoms with Gasteiger partial charge in [0.15, 0.2) is 5.76 Å². The lowest BCUT2D eigenvalue weighted by molar-refractivity contribution is 0.0997.